The van der Waals surface area contributed by atoms with Gasteiger partial charge < -0.3 is 9.47 Å². The monoisotopic (exact) mass is 445 g/mol. The van der Waals surface area contributed by atoms with Gasteiger partial charge in [-0.2, -0.15) is 0 Å². The highest BCUT2D eigenvalue weighted by atomic mass is 79.9. The lowest BCUT2D eigenvalue weighted by atomic mass is 10.1. The SMILES string of the molecule is COc1ccc(N2C(=O)NC(=O)[C@@H](C=Nc3cc(Br)ccc3OC)C2=O)cc1. The summed E-state index contributed by atoms with van der Waals surface area (Å²) in [7, 11) is 3.00. The molecule has 0 bridgehead atoms. The number of carbonyl (C=O) groups is 3. The molecule has 1 aliphatic rings. The van der Waals surface area contributed by atoms with Gasteiger partial charge in [-0.1, -0.05) is 15.9 Å². The number of ether oxygens (including phenoxy) is 2. The summed E-state index contributed by atoms with van der Waals surface area (Å²) in [5.74, 6) is -1.65. The Morgan fingerprint density at radius 1 is 1.07 bits per heavy atom. The van der Waals surface area contributed by atoms with Gasteiger partial charge in [0.15, 0.2) is 5.92 Å². The minimum atomic E-state index is -1.26. The number of urea groups is 1. The minimum absolute atomic E-state index is 0.314. The molecule has 0 radical (unpaired) electrons. The summed E-state index contributed by atoms with van der Waals surface area (Å²) >= 11 is 3.34. The molecule has 8 nitrogen and oxygen atoms in total. The highest BCUT2D eigenvalue weighted by Gasteiger charge is 2.40. The zero-order valence-electron chi connectivity index (χ0n) is 15.0. The van der Waals surface area contributed by atoms with Crippen LogP contribution in [-0.4, -0.2) is 38.3 Å². The van der Waals surface area contributed by atoms with E-state index < -0.39 is 23.8 Å². The van der Waals surface area contributed by atoms with Gasteiger partial charge in [0.05, 0.1) is 19.9 Å². The Kier molecular flexibility index (Phi) is 5.74. The molecule has 1 heterocycles. The van der Waals surface area contributed by atoms with E-state index in [1.165, 1.54) is 20.4 Å². The third-order valence-electron chi connectivity index (χ3n) is 4.04. The highest BCUT2D eigenvalue weighted by molar-refractivity contribution is 9.10. The Morgan fingerprint density at radius 2 is 1.79 bits per heavy atom. The lowest BCUT2D eigenvalue weighted by molar-refractivity contribution is -0.131. The van der Waals surface area contributed by atoms with Crippen molar-refractivity contribution in [3.05, 3.63) is 46.9 Å². The molecule has 1 aliphatic heterocycles. The number of anilines is 1. The van der Waals surface area contributed by atoms with E-state index in [-0.39, 0.29) is 0 Å². The number of hydrogen-bond acceptors (Lipinski definition) is 6. The number of nitrogens with one attached hydrogen (secondary N) is 1. The van der Waals surface area contributed by atoms with Gasteiger partial charge in [-0.25, -0.2) is 9.69 Å². The standard InChI is InChI=1S/C19H16BrN3O5/c1-27-13-6-4-12(5-7-13)23-18(25)14(17(24)22-19(23)26)10-21-15-9-11(20)3-8-16(15)28-2/h3-10,14H,1-2H3,(H,22,24,26)/t14-/m1/s1. The van der Waals surface area contributed by atoms with Crippen LogP contribution in [0.1, 0.15) is 0 Å². The molecule has 0 saturated carbocycles. The molecule has 1 atom stereocenters. The smallest absolute Gasteiger partial charge is 0.335 e. The first-order valence-corrected chi connectivity index (χ1v) is 8.94. The number of nitrogens with zero attached hydrogens (tertiary/aromatic N) is 2. The number of carbonyl (C=O) groups excluding carboxylic acids is 3. The Hall–Kier alpha value is -3.20. The maximum absolute atomic E-state index is 12.8. The maximum atomic E-state index is 12.8. The lowest BCUT2D eigenvalue weighted by Crippen LogP contribution is -2.58. The fourth-order valence-electron chi connectivity index (χ4n) is 2.62. The minimum Gasteiger partial charge on any atom is -0.497 e. The fourth-order valence-corrected chi connectivity index (χ4v) is 2.97. The summed E-state index contributed by atoms with van der Waals surface area (Å²) < 4.78 is 11.1. The number of hydrogen-bond donors (Lipinski definition) is 1. The molecular formula is C19H16BrN3O5. The number of amides is 4. The second kappa shape index (κ2) is 8.22. The summed E-state index contributed by atoms with van der Waals surface area (Å²) in [6.45, 7) is 0. The molecule has 0 aliphatic carbocycles. The van der Waals surface area contributed by atoms with Gasteiger partial charge in [0.2, 0.25) is 5.91 Å². The van der Waals surface area contributed by atoms with Crippen molar-refractivity contribution in [3.63, 3.8) is 0 Å². The van der Waals surface area contributed by atoms with Crippen molar-refractivity contribution in [1.29, 1.82) is 0 Å². The van der Waals surface area contributed by atoms with E-state index in [1.807, 2.05) is 0 Å². The quantitative estimate of drug-likeness (QED) is 0.563. The molecule has 28 heavy (non-hydrogen) atoms. The van der Waals surface area contributed by atoms with Crippen LogP contribution in [0.2, 0.25) is 0 Å². The topological polar surface area (TPSA) is 97.3 Å². The van der Waals surface area contributed by atoms with Crippen LogP contribution in [0.4, 0.5) is 16.2 Å². The van der Waals surface area contributed by atoms with Crippen molar-refractivity contribution in [2.75, 3.05) is 19.1 Å². The first kappa shape index (κ1) is 19.6. The molecule has 1 saturated heterocycles. The van der Waals surface area contributed by atoms with E-state index in [9.17, 15) is 14.4 Å². The molecule has 9 heteroatoms. The number of halogens is 1. The summed E-state index contributed by atoms with van der Waals surface area (Å²) in [6, 6.07) is 10.7. The van der Waals surface area contributed by atoms with Crippen molar-refractivity contribution >= 4 is 51.4 Å². The zero-order chi connectivity index (χ0) is 20.3. The maximum Gasteiger partial charge on any atom is 0.335 e. The van der Waals surface area contributed by atoms with E-state index in [1.54, 1.807) is 42.5 Å². The number of rotatable bonds is 5. The molecule has 2 aromatic carbocycles. The van der Waals surface area contributed by atoms with E-state index in [2.05, 4.69) is 26.2 Å². The molecular weight excluding hydrogens is 430 g/mol. The second-order valence-electron chi connectivity index (χ2n) is 5.74. The van der Waals surface area contributed by atoms with Crippen molar-refractivity contribution < 1.29 is 23.9 Å². The Labute approximate surface area is 169 Å². The molecule has 0 spiro atoms. The Balaban J connectivity index is 1.90. The van der Waals surface area contributed by atoms with Gasteiger partial charge in [-0.05, 0) is 42.5 Å². The van der Waals surface area contributed by atoms with E-state index >= 15 is 0 Å². The van der Waals surface area contributed by atoms with Crippen LogP contribution in [0, 0.1) is 5.92 Å². The lowest BCUT2D eigenvalue weighted by Gasteiger charge is -2.28. The summed E-state index contributed by atoms with van der Waals surface area (Å²) in [6.07, 6.45) is 1.20. The molecule has 1 N–H and O–H groups in total. The molecule has 0 aromatic heterocycles. The van der Waals surface area contributed by atoms with Gasteiger partial charge in [-0.3, -0.25) is 19.9 Å². The number of aliphatic imine (C=N–C) groups is 1. The van der Waals surface area contributed by atoms with E-state index in [4.69, 9.17) is 9.47 Å². The second-order valence-corrected chi connectivity index (χ2v) is 6.65. The molecule has 1 fully saturated rings. The third-order valence-corrected chi connectivity index (χ3v) is 4.53. The van der Waals surface area contributed by atoms with Gasteiger partial charge in [0.25, 0.3) is 5.91 Å². The van der Waals surface area contributed by atoms with Gasteiger partial charge in [0.1, 0.15) is 17.2 Å². The summed E-state index contributed by atoms with van der Waals surface area (Å²) in [4.78, 5) is 42.4. The number of benzene rings is 2. The molecule has 144 valence electrons. The van der Waals surface area contributed by atoms with Gasteiger partial charge in [-0.15, -0.1) is 0 Å². The van der Waals surface area contributed by atoms with Crippen LogP contribution in [0.3, 0.4) is 0 Å². The van der Waals surface area contributed by atoms with Gasteiger partial charge >= 0.3 is 6.03 Å². The van der Waals surface area contributed by atoms with E-state index in [0.29, 0.717) is 22.9 Å². The van der Waals surface area contributed by atoms with Crippen molar-refractivity contribution in [3.8, 4) is 11.5 Å². The Bertz CT molecular complexity index is 959. The summed E-state index contributed by atoms with van der Waals surface area (Å²) in [5, 5.41) is 2.18. The fraction of sp³-hybridized carbons (Fsp3) is 0.158. The number of barbiturate groups is 1. The predicted octanol–water partition coefficient (Wildman–Crippen LogP) is 3.07. The third kappa shape index (κ3) is 3.89. The first-order chi connectivity index (χ1) is 13.4. The van der Waals surface area contributed by atoms with Crippen LogP contribution in [-0.2, 0) is 9.59 Å². The first-order valence-electron chi connectivity index (χ1n) is 8.15. The largest absolute Gasteiger partial charge is 0.497 e. The number of imide groups is 2. The molecule has 0 unspecified atom stereocenters. The van der Waals surface area contributed by atoms with Crippen LogP contribution >= 0.6 is 15.9 Å². The van der Waals surface area contributed by atoms with Crippen molar-refractivity contribution in [1.82, 2.24) is 5.32 Å². The zero-order valence-corrected chi connectivity index (χ0v) is 16.6. The van der Waals surface area contributed by atoms with Crippen molar-refractivity contribution in [2.45, 2.75) is 0 Å². The Morgan fingerprint density at radius 3 is 2.43 bits per heavy atom. The average Bonchev–Trinajstić information content (AvgIpc) is 2.68. The normalized spacial score (nSPS) is 17.0. The average molecular weight is 446 g/mol. The van der Waals surface area contributed by atoms with Crippen molar-refractivity contribution in [2.24, 2.45) is 10.9 Å². The van der Waals surface area contributed by atoms with Crippen LogP contribution in [0.25, 0.3) is 0 Å². The highest BCUT2D eigenvalue weighted by Crippen LogP contribution is 2.31. The summed E-state index contributed by atoms with van der Waals surface area (Å²) in [5.41, 5.74) is 0.750. The van der Waals surface area contributed by atoms with Crippen LogP contribution < -0.4 is 19.7 Å². The number of methoxy groups -OCH3 is 2. The van der Waals surface area contributed by atoms with Crippen LogP contribution in [0.5, 0.6) is 11.5 Å². The predicted molar refractivity (Wildman–Crippen MR) is 106 cm³/mol. The van der Waals surface area contributed by atoms with E-state index in [0.717, 1.165) is 9.37 Å². The molecule has 2 aromatic rings. The molecule has 3 rings (SSSR count). The molecule has 4 amide bonds. The van der Waals surface area contributed by atoms with Crippen LogP contribution in [0.15, 0.2) is 51.9 Å². The van der Waals surface area contributed by atoms with Gasteiger partial charge in [0, 0.05) is 10.7 Å².